The van der Waals surface area contributed by atoms with Crippen molar-refractivity contribution in [2.24, 2.45) is 11.3 Å². The number of rotatable bonds is 5. The van der Waals surface area contributed by atoms with E-state index in [9.17, 15) is 14.4 Å². The van der Waals surface area contributed by atoms with Crippen molar-refractivity contribution >= 4 is 34.1 Å². The van der Waals surface area contributed by atoms with E-state index in [4.69, 9.17) is 16.1 Å². The van der Waals surface area contributed by atoms with Crippen LogP contribution >= 0.6 is 11.3 Å². The van der Waals surface area contributed by atoms with E-state index in [1.807, 2.05) is 38.3 Å². The van der Waals surface area contributed by atoms with Gasteiger partial charge in [0.25, 0.3) is 5.91 Å². The lowest BCUT2D eigenvalue weighted by Crippen LogP contribution is -2.57. The number of aromatic nitrogens is 1. The van der Waals surface area contributed by atoms with E-state index in [0.717, 1.165) is 42.6 Å². The molecule has 5 rings (SSSR count). The summed E-state index contributed by atoms with van der Waals surface area (Å²) in [5.41, 5.74) is 1.64. The third-order valence-corrected chi connectivity index (χ3v) is 8.68. The fraction of sp³-hybridized carbons (Fsp3) is 0.517. The molecule has 0 spiro atoms. The average Bonchev–Trinajstić information content (AvgIpc) is 3.64. The minimum absolute atomic E-state index is 0.0496. The van der Waals surface area contributed by atoms with Gasteiger partial charge in [-0.25, -0.2) is 4.98 Å². The predicted octanol–water partition coefficient (Wildman–Crippen LogP) is 2.13. The van der Waals surface area contributed by atoms with E-state index >= 15 is 0 Å². The predicted molar refractivity (Wildman–Crippen MR) is 151 cm³/mol. The maximum atomic E-state index is 13.7. The van der Waals surface area contributed by atoms with E-state index in [1.165, 1.54) is 4.90 Å². The van der Waals surface area contributed by atoms with Crippen LogP contribution in [0, 0.1) is 23.7 Å². The number of terminal acetylenes is 1. The number of thiazole rings is 1. The number of nitrogens with zero attached hydrogens (tertiary/aromatic N) is 4. The molecule has 10 heteroatoms. The Morgan fingerprint density at radius 1 is 1.18 bits per heavy atom. The average molecular weight is 550 g/mol. The molecule has 2 amide bonds. The van der Waals surface area contributed by atoms with Gasteiger partial charge in [-0.15, -0.1) is 17.8 Å². The van der Waals surface area contributed by atoms with Gasteiger partial charge in [-0.05, 0) is 24.6 Å². The normalized spacial score (nSPS) is 24.4. The molecule has 0 aliphatic carbocycles. The Morgan fingerprint density at radius 2 is 1.87 bits per heavy atom. The zero-order valence-corrected chi connectivity index (χ0v) is 23.7. The lowest BCUT2D eigenvalue weighted by Gasteiger charge is -2.35. The van der Waals surface area contributed by atoms with E-state index in [0.29, 0.717) is 5.56 Å². The van der Waals surface area contributed by atoms with Gasteiger partial charge in [0.2, 0.25) is 5.91 Å². The van der Waals surface area contributed by atoms with E-state index < -0.39 is 23.6 Å². The molecule has 1 aromatic heterocycles. The second-order valence-corrected chi connectivity index (χ2v) is 12.4. The molecule has 4 heterocycles. The smallest absolute Gasteiger partial charge is 0.251 e. The number of piperazine rings is 1. The van der Waals surface area contributed by atoms with Crippen molar-refractivity contribution in [2.45, 2.75) is 39.0 Å². The first kappa shape index (κ1) is 27.3. The SMILES string of the molecule is C#C[C@@H]1CN(C(=O)C(NC(=O)c2ccc(-c3csc(N4CCN(C)CC4)n3)cc2)C(C)(C)C)[C@@H]2C(=O)CO[C@H]12. The van der Waals surface area contributed by atoms with Crippen molar-refractivity contribution in [1.29, 1.82) is 0 Å². The molecule has 1 unspecified atom stereocenters. The third-order valence-electron chi connectivity index (χ3n) is 7.78. The zero-order valence-electron chi connectivity index (χ0n) is 22.8. The van der Waals surface area contributed by atoms with Gasteiger partial charge in [-0.2, -0.15) is 0 Å². The number of hydrogen-bond donors (Lipinski definition) is 1. The highest BCUT2D eigenvalue weighted by Gasteiger charge is 2.53. The van der Waals surface area contributed by atoms with Crippen molar-refractivity contribution in [2.75, 3.05) is 51.3 Å². The molecule has 1 N–H and O–H groups in total. The molecule has 1 aromatic carbocycles. The fourth-order valence-corrected chi connectivity index (χ4v) is 6.28. The van der Waals surface area contributed by atoms with Gasteiger partial charge in [0.15, 0.2) is 10.9 Å². The van der Waals surface area contributed by atoms with Crippen molar-refractivity contribution in [3.8, 4) is 23.6 Å². The van der Waals surface area contributed by atoms with Crippen LogP contribution in [-0.4, -0.2) is 96.9 Å². The number of fused-ring (bicyclic) bond motifs is 1. The largest absolute Gasteiger partial charge is 0.366 e. The van der Waals surface area contributed by atoms with Gasteiger partial charge in [0.1, 0.15) is 24.8 Å². The first-order chi connectivity index (χ1) is 18.6. The molecule has 3 saturated heterocycles. The van der Waals surface area contributed by atoms with Crippen LogP contribution in [-0.2, 0) is 14.3 Å². The van der Waals surface area contributed by atoms with E-state index in [-0.39, 0.29) is 36.7 Å². The summed E-state index contributed by atoms with van der Waals surface area (Å²) in [6.07, 6.45) is 5.17. The summed E-state index contributed by atoms with van der Waals surface area (Å²) < 4.78 is 5.59. The molecule has 0 saturated carbocycles. The Kier molecular flexibility index (Phi) is 7.51. The molecule has 3 fully saturated rings. The van der Waals surface area contributed by atoms with Crippen LogP contribution < -0.4 is 10.2 Å². The van der Waals surface area contributed by atoms with Crippen LogP contribution in [0.15, 0.2) is 29.6 Å². The molecule has 206 valence electrons. The van der Waals surface area contributed by atoms with Gasteiger partial charge >= 0.3 is 0 Å². The molecule has 39 heavy (non-hydrogen) atoms. The number of anilines is 1. The lowest BCUT2D eigenvalue weighted by atomic mass is 9.85. The standard InChI is InChI=1S/C29H35N5O4S/c1-6-18-15-34(23-22(35)16-38-24(18)23)27(37)25(29(2,3)4)31-26(36)20-9-7-19(8-10-20)21-17-39-28(30-21)33-13-11-32(5)12-14-33/h1,7-10,17-18,23-25H,11-16H2,2-5H3,(H,31,36)/t18-,23-,24-,25?/m1/s1. The van der Waals surface area contributed by atoms with Gasteiger partial charge in [-0.3, -0.25) is 14.4 Å². The Labute approximate surface area is 233 Å². The van der Waals surface area contributed by atoms with Crippen molar-refractivity contribution in [1.82, 2.24) is 20.1 Å². The molecule has 0 bridgehead atoms. The lowest BCUT2D eigenvalue weighted by molar-refractivity contribution is -0.140. The van der Waals surface area contributed by atoms with Gasteiger partial charge in [0, 0.05) is 49.2 Å². The third kappa shape index (κ3) is 5.44. The second kappa shape index (κ2) is 10.7. The van der Waals surface area contributed by atoms with Crippen LogP contribution in [0.2, 0.25) is 0 Å². The topological polar surface area (TPSA) is 95.1 Å². The molecular formula is C29H35N5O4S. The maximum Gasteiger partial charge on any atom is 0.251 e. The summed E-state index contributed by atoms with van der Waals surface area (Å²) >= 11 is 1.63. The molecule has 9 nitrogen and oxygen atoms in total. The molecule has 2 aromatic rings. The van der Waals surface area contributed by atoms with Crippen LogP contribution in [0.1, 0.15) is 31.1 Å². The monoisotopic (exact) mass is 549 g/mol. The van der Waals surface area contributed by atoms with E-state index in [1.54, 1.807) is 23.5 Å². The minimum atomic E-state index is -0.847. The molecule has 0 radical (unpaired) electrons. The summed E-state index contributed by atoms with van der Waals surface area (Å²) in [5, 5.41) is 5.98. The summed E-state index contributed by atoms with van der Waals surface area (Å²) in [6, 6.07) is 5.70. The Balaban J connectivity index is 1.28. The highest BCUT2D eigenvalue weighted by atomic mass is 32.1. The summed E-state index contributed by atoms with van der Waals surface area (Å²) in [4.78, 5) is 50.5. The molecule has 4 atom stereocenters. The first-order valence-corrected chi connectivity index (χ1v) is 14.2. The maximum absolute atomic E-state index is 13.7. The summed E-state index contributed by atoms with van der Waals surface area (Å²) in [5.74, 6) is 1.48. The highest BCUT2D eigenvalue weighted by molar-refractivity contribution is 7.14. The van der Waals surface area contributed by atoms with Crippen molar-refractivity contribution in [3.63, 3.8) is 0 Å². The first-order valence-electron chi connectivity index (χ1n) is 13.3. The number of nitrogens with one attached hydrogen (secondary N) is 1. The van der Waals surface area contributed by atoms with Crippen LogP contribution in [0.5, 0.6) is 0 Å². The Hall–Kier alpha value is -3.26. The molecule has 3 aliphatic rings. The molecular weight excluding hydrogens is 514 g/mol. The molecule has 3 aliphatic heterocycles. The Morgan fingerprint density at radius 3 is 2.51 bits per heavy atom. The number of benzene rings is 1. The number of likely N-dealkylation sites (tertiary alicyclic amines) is 1. The van der Waals surface area contributed by atoms with Crippen molar-refractivity contribution < 1.29 is 19.1 Å². The van der Waals surface area contributed by atoms with E-state index in [2.05, 4.69) is 28.1 Å². The minimum Gasteiger partial charge on any atom is -0.366 e. The highest BCUT2D eigenvalue weighted by Crippen LogP contribution is 2.34. The number of ether oxygens (including phenoxy) is 1. The van der Waals surface area contributed by atoms with Crippen molar-refractivity contribution in [3.05, 3.63) is 35.2 Å². The number of hydrogen-bond acceptors (Lipinski definition) is 8. The number of amides is 2. The summed E-state index contributed by atoms with van der Waals surface area (Å²) in [7, 11) is 2.13. The number of likely N-dealkylation sites (N-methyl/N-ethyl adjacent to an activating group) is 1. The fourth-order valence-electron chi connectivity index (χ4n) is 5.39. The van der Waals surface area contributed by atoms with Gasteiger partial charge in [0.05, 0.1) is 11.6 Å². The van der Waals surface area contributed by atoms with Crippen LogP contribution in [0.3, 0.4) is 0 Å². The zero-order chi connectivity index (χ0) is 27.9. The summed E-state index contributed by atoms with van der Waals surface area (Å²) in [6.45, 7) is 9.80. The number of ketones is 1. The quantitative estimate of drug-likeness (QED) is 0.571. The number of carbonyl (C=O) groups is 3. The number of Topliss-reactive ketones (excluding diaryl/α,β-unsaturated/α-hetero) is 1. The second-order valence-electron chi connectivity index (χ2n) is 11.6. The van der Waals surface area contributed by atoms with Crippen LogP contribution in [0.25, 0.3) is 11.3 Å². The Bertz CT molecular complexity index is 1290. The van der Waals surface area contributed by atoms with Crippen LogP contribution in [0.4, 0.5) is 5.13 Å². The van der Waals surface area contributed by atoms with Gasteiger partial charge < -0.3 is 24.8 Å². The van der Waals surface area contributed by atoms with Gasteiger partial charge in [-0.1, -0.05) is 38.8 Å². The number of carbonyl (C=O) groups excluding carboxylic acids is 3.